The highest BCUT2D eigenvalue weighted by molar-refractivity contribution is 9.10. The van der Waals surface area contributed by atoms with E-state index in [9.17, 15) is 4.79 Å². The molecular weight excluding hydrogens is 392 g/mol. The van der Waals surface area contributed by atoms with Gasteiger partial charge in [-0.3, -0.25) is 4.79 Å². The first-order chi connectivity index (χ1) is 10.2. The quantitative estimate of drug-likeness (QED) is 0.842. The van der Waals surface area contributed by atoms with Gasteiger partial charge in [0.15, 0.2) is 0 Å². The van der Waals surface area contributed by atoms with E-state index in [-0.39, 0.29) is 18.3 Å². The average molecular weight is 408 g/mol. The SMILES string of the molecule is Cl.O=C(CCc1nc(-c2cc(Br)cs2)no1)N1CCNCC1. The summed E-state index contributed by atoms with van der Waals surface area (Å²) >= 11 is 4.95. The number of carbonyl (C=O) groups is 1. The van der Waals surface area contributed by atoms with Crippen molar-refractivity contribution in [3.63, 3.8) is 0 Å². The fourth-order valence-corrected chi connectivity index (χ4v) is 3.52. The van der Waals surface area contributed by atoms with E-state index in [1.807, 2.05) is 16.3 Å². The number of thiophene rings is 1. The van der Waals surface area contributed by atoms with E-state index in [1.54, 1.807) is 11.3 Å². The predicted octanol–water partition coefficient (Wildman–Crippen LogP) is 2.35. The lowest BCUT2D eigenvalue weighted by Gasteiger charge is -2.27. The highest BCUT2D eigenvalue weighted by Crippen LogP contribution is 2.27. The van der Waals surface area contributed by atoms with Crippen molar-refractivity contribution >= 4 is 45.6 Å². The third kappa shape index (κ3) is 4.28. The number of aryl methyl sites for hydroxylation is 1. The first kappa shape index (κ1) is 17.4. The van der Waals surface area contributed by atoms with Crippen molar-refractivity contribution in [1.29, 1.82) is 0 Å². The van der Waals surface area contributed by atoms with Gasteiger partial charge in [0.25, 0.3) is 0 Å². The molecule has 3 rings (SSSR count). The minimum atomic E-state index is 0. The number of piperazine rings is 1. The van der Waals surface area contributed by atoms with Gasteiger partial charge >= 0.3 is 0 Å². The molecule has 9 heteroatoms. The Balaban J connectivity index is 0.00000176. The van der Waals surface area contributed by atoms with Gasteiger partial charge in [0, 0.05) is 48.9 Å². The second-order valence-electron chi connectivity index (χ2n) is 4.77. The predicted molar refractivity (Wildman–Crippen MR) is 90.3 cm³/mol. The van der Waals surface area contributed by atoms with E-state index < -0.39 is 0 Å². The first-order valence-corrected chi connectivity index (χ1v) is 8.45. The van der Waals surface area contributed by atoms with Crippen molar-refractivity contribution in [1.82, 2.24) is 20.4 Å². The van der Waals surface area contributed by atoms with Crippen LogP contribution in [0.2, 0.25) is 0 Å². The number of nitrogens with zero attached hydrogens (tertiary/aromatic N) is 3. The summed E-state index contributed by atoms with van der Waals surface area (Å²) in [6.45, 7) is 3.28. The van der Waals surface area contributed by atoms with E-state index in [0.717, 1.165) is 35.5 Å². The molecule has 0 bridgehead atoms. The molecule has 22 heavy (non-hydrogen) atoms. The molecule has 0 aromatic carbocycles. The van der Waals surface area contributed by atoms with Crippen molar-refractivity contribution in [3.05, 3.63) is 21.8 Å². The molecular formula is C13H16BrClN4O2S. The maximum Gasteiger partial charge on any atom is 0.227 e. The number of hydrogen-bond donors (Lipinski definition) is 1. The van der Waals surface area contributed by atoms with E-state index in [4.69, 9.17) is 4.52 Å². The molecule has 0 spiro atoms. The van der Waals surface area contributed by atoms with Crippen LogP contribution in [0.4, 0.5) is 0 Å². The lowest BCUT2D eigenvalue weighted by molar-refractivity contribution is -0.131. The van der Waals surface area contributed by atoms with Crippen molar-refractivity contribution in [2.45, 2.75) is 12.8 Å². The molecule has 2 aromatic heterocycles. The van der Waals surface area contributed by atoms with Crippen molar-refractivity contribution in [2.75, 3.05) is 26.2 Å². The molecule has 1 fully saturated rings. The highest BCUT2D eigenvalue weighted by atomic mass is 79.9. The van der Waals surface area contributed by atoms with Gasteiger partial charge < -0.3 is 14.7 Å². The summed E-state index contributed by atoms with van der Waals surface area (Å²) in [7, 11) is 0. The Morgan fingerprint density at radius 2 is 2.23 bits per heavy atom. The van der Waals surface area contributed by atoms with Crippen LogP contribution in [-0.4, -0.2) is 47.1 Å². The zero-order valence-corrected chi connectivity index (χ0v) is 15.0. The van der Waals surface area contributed by atoms with Crippen LogP contribution in [-0.2, 0) is 11.2 Å². The van der Waals surface area contributed by atoms with Crippen molar-refractivity contribution in [2.24, 2.45) is 0 Å². The summed E-state index contributed by atoms with van der Waals surface area (Å²) in [5.74, 6) is 1.24. The Morgan fingerprint density at radius 3 is 2.91 bits per heavy atom. The summed E-state index contributed by atoms with van der Waals surface area (Å²) < 4.78 is 6.22. The third-order valence-corrected chi connectivity index (χ3v) is 4.97. The van der Waals surface area contributed by atoms with E-state index in [2.05, 4.69) is 31.4 Å². The Morgan fingerprint density at radius 1 is 1.45 bits per heavy atom. The minimum Gasteiger partial charge on any atom is -0.340 e. The Kier molecular flexibility index (Phi) is 6.37. The summed E-state index contributed by atoms with van der Waals surface area (Å²) in [5, 5.41) is 9.16. The molecule has 0 atom stereocenters. The largest absolute Gasteiger partial charge is 0.340 e. The number of carbonyl (C=O) groups excluding carboxylic acids is 1. The normalized spacial score (nSPS) is 14.7. The van der Waals surface area contributed by atoms with Gasteiger partial charge in [0.1, 0.15) is 0 Å². The van der Waals surface area contributed by atoms with Crippen molar-refractivity contribution in [3.8, 4) is 10.7 Å². The van der Waals surface area contributed by atoms with E-state index >= 15 is 0 Å². The molecule has 120 valence electrons. The Labute approximate surface area is 146 Å². The fraction of sp³-hybridized carbons (Fsp3) is 0.462. The van der Waals surface area contributed by atoms with Gasteiger partial charge in [0.05, 0.1) is 4.88 Å². The van der Waals surface area contributed by atoms with Gasteiger partial charge in [0.2, 0.25) is 17.6 Å². The Bertz CT molecular complexity index is 627. The van der Waals surface area contributed by atoms with E-state index in [0.29, 0.717) is 24.6 Å². The molecule has 2 aromatic rings. The molecule has 0 radical (unpaired) electrons. The van der Waals surface area contributed by atoms with Crippen LogP contribution in [0.15, 0.2) is 20.4 Å². The number of nitrogens with one attached hydrogen (secondary N) is 1. The number of halogens is 2. The zero-order valence-electron chi connectivity index (χ0n) is 11.7. The molecule has 0 unspecified atom stereocenters. The second-order valence-corrected chi connectivity index (χ2v) is 6.60. The first-order valence-electron chi connectivity index (χ1n) is 6.78. The van der Waals surface area contributed by atoms with Crippen LogP contribution in [0.25, 0.3) is 10.7 Å². The molecule has 1 aliphatic heterocycles. The van der Waals surface area contributed by atoms with Gasteiger partial charge in [-0.05, 0) is 22.0 Å². The standard InChI is InChI=1S/C13H15BrN4O2S.ClH/c14-9-7-10(21-8-9)13-16-11(20-17-13)1-2-12(19)18-5-3-15-4-6-18;/h7-8,15H,1-6H2;1H. The van der Waals surface area contributed by atoms with Crippen LogP contribution < -0.4 is 5.32 Å². The monoisotopic (exact) mass is 406 g/mol. The molecule has 0 saturated carbocycles. The molecule has 1 saturated heterocycles. The topological polar surface area (TPSA) is 71.3 Å². The van der Waals surface area contributed by atoms with Gasteiger partial charge in [-0.1, -0.05) is 5.16 Å². The van der Waals surface area contributed by atoms with Gasteiger partial charge in [-0.25, -0.2) is 0 Å². The van der Waals surface area contributed by atoms with Gasteiger partial charge in [-0.15, -0.1) is 23.7 Å². The molecule has 6 nitrogen and oxygen atoms in total. The summed E-state index contributed by atoms with van der Waals surface area (Å²) in [6.07, 6.45) is 0.901. The molecule has 3 heterocycles. The average Bonchev–Trinajstić information content (AvgIpc) is 3.14. The molecule has 1 N–H and O–H groups in total. The lowest BCUT2D eigenvalue weighted by atomic mass is 10.2. The molecule has 1 amide bonds. The zero-order chi connectivity index (χ0) is 14.7. The number of amides is 1. The fourth-order valence-electron chi connectivity index (χ4n) is 2.17. The summed E-state index contributed by atoms with van der Waals surface area (Å²) in [5.41, 5.74) is 0. The van der Waals surface area contributed by atoms with Crippen molar-refractivity contribution < 1.29 is 9.32 Å². The van der Waals surface area contributed by atoms with Crippen LogP contribution in [0.5, 0.6) is 0 Å². The molecule has 0 aliphatic carbocycles. The number of hydrogen-bond acceptors (Lipinski definition) is 6. The van der Waals surface area contributed by atoms with Gasteiger partial charge in [-0.2, -0.15) is 4.98 Å². The molecule has 1 aliphatic rings. The van der Waals surface area contributed by atoms with Crippen LogP contribution in [0.3, 0.4) is 0 Å². The summed E-state index contributed by atoms with van der Waals surface area (Å²) in [4.78, 5) is 19.2. The second kappa shape index (κ2) is 8.05. The van der Waals surface area contributed by atoms with Crippen LogP contribution in [0, 0.1) is 0 Å². The summed E-state index contributed by atoms with van der Waals surface area (Å²) in [6, 6.07) is 1.95. The van der Waals surface area contributed by atoms with Crippen LogP contribution >= 0.6 is 39.7 Å². The number of rotatable bonds is 4. The smallest absolute Gasteiger partial charge is 0.227 e. The highest BCUT2D eigenvalue weighted by Gasteiger charge is 2.17. The Hall–Kier alpha value is -0.960. The third-order valence-electron chi connectivity index (χ3n) is 3.28. The lowest BCUT2D eigenvalue weighted by Crippen LogP contribution is -2.46. The van der Waals surface area contributed by atoms with E-state index in [1.165, 1.54) is 0 Å². The number of aromatic nitrogens is 2. The maximum absolute atomic E-state index is 12.1. The minimum absolute atomic E-state index is 0. The van der Waals surface area contributed by atoms with Crippen LogP contribution in [0.1, 0.15) is 12.3 Å². The maximum atomic E-state index is 12.1.